The maximum absolute atomic E-state index is 6.61. The maximum atomic E-state index is 6.61. The van der Waals surface area contributed by atoms with Crippen molar-refractivity contribution >= 4 is 0 Å². The molecule has 0 bridgehead atoms. The SMILES string of the molecule is [C-]#[N+]CCN(C)CCC(C)C. The summed E-state index contributed by atoms with van der Waals surface area (Å²) in [6.45, 7) is 13.7. The van der Waals surface area contributed by atoms with E-state index in [-0.39, 0.29) is 0 Å². The predicted molar refractivity (Wildman–Crippen MR) is 48.4 cm³/mol. The Kier molecular flexibility index (Phi) is 5.87. The third kappa shape index (κ3) is 7.35. The Bertz CT molecular complexity index is 124. The van der Waals surface area contributed by atoms with Gasteiger partial charge in [-0.3, -0.25) is 4.90 Å². The fourth-order valence-electron chi connectivity index (χ4n) is 0.811. The summed E-state index contributed by atoms with van der Waals surface area (Å²) in [5, 5.41) is 0. The summed E-state index contributed by atoms with van der Waals surface area (Å²) in [6.07, 6.45) is 1.23. The van der Waals surface area contributed by atoms with Gasteiger partial charge >= 0.3 is 0 Å². The van der Waals surface area contributed by atoms with Gasteiger partial charge in [0.15, 0.2) is 0 Å². The van der Waals surface area contributed by atoms with E-state index in [2.05, 4.69) is 30.6 Å². The Morgan fingerprint density at radius 3 is 2.45 bits per heavy atom. The molecule has 0 radical (unpaired) electrons. The Morgan fingerprint density at radius 2 is 2.00 bits per heavy atom. The first-order chi connectivity index (χ1) is 5.16. The van der Waals surface area contributed by atoms with E-state index < -0.39 is 0 Å². The molecule has 0 aromatic heterocycles. The normalized spacial score (nSPS) is 10.5. The highest BCUT2D eigenvalue weighted by Gasteiger charge is 2.00. The fraction of sp³-hybridized carbons (Fsp3) is 0.889. The highest BCUT2D eigenvalue weighted by molar-refractivity contribution is 4.63. The molecule has 0 saturated heterocycles. The van der Waals surface area contributed by atoms with E-state index in [1.807, 2.05) is 0 Å². The Labute approximate surface area is 70.0 Å². The molecule has 2 nitrogen and oxygen atoms in total. The summed E-state index contributed by atoms with van der Waals surface area (Å²) in [7, 11) is 2.08. The van der Waals surface area contributed by atoms with Crippen LogP contribution < -0.4 is 0 Å². The van der Waals surface area contributed by atoms with Crippen LogP contribution in [0.3, 0.4) is 0 Å². The van der Waals surface area contributed by atoms with Crippen molar-refractivity contribution in [1.29, 1.82) is 0 Å². The minimum atomic E-state index is 0.634. The molecule has 0 rings (SSSR count). The molecule has 11 heavy (non-hydrogen) atoms. The Balaban J connectivity index is 3.23. The molecule has 0 amide bonds. The van der Waals surface area contributed by atoms with Gasteiger partial charge in [-0.25, -0.2) is 6.57 Å². The number of nitrogens with zero attached hydrogens (tertiary/aromatic N) is 2. The first kappa shape index (κ1) is 10.4. The molecule has 0 saturated carbocycles. The Hall–Kier alpha value is -0.550. The lowest BCUT2D eigenvalue weighted by atomic mass is 10.1. The van der Waals surface area contributed by atoms with Crippen LogP contribution in [0.15, 0.2) is 0 Å². The van der Waals surface area contributed by atoms with E-state index >= 15 is 0 Å². The van der Waals surface area contributed by atoms with E-state index in [0.29, 0.717) is 6.54 Å². The molecule has 0 unspecified atom stereocenters. The van der Waals surface area contributed by atoms with Crippen LogP contribution in [0.4, 0.5) is 0 Å². The summed E-state index contributed by atoms with van der Waals surface area (Å²) >= 11 is 0. The maximum Gasteiger partial charge on any atom is 0.227 e. The zero-order valence-electron chi connectivity index (χ0n) is 7.80. The molecule has 0 fully saturated rings. The van der Waals surface area contributed by atoms with Crippen LogP contribution in [0, 0.1) is 12.5 Å². The van der Waals surface area contributed by atoms with Crippen LogP contribution in [-0.4, -0.2) is 31.6 Å². The van der Waals surface area contributed by atoms with Crippen molar-refractivity contribution in [1.82, 2.24) is 4.90 Å². The van der Waals surface area contributed by atoms with Crippen molar-refractivity contribution in [2.45, 2.75) is 20.3 Å². The third-order valence-electron chi connectivity index (χ3n) is 1.68. The van der Waals surface area contributed by atoms with Gasteiger partial charge in [0, 0.05) is 0 Å². The second-order valence-corrected chi connectivity index (χ2v) is 3.37. The molecular weight excluding hydrogens is 136 g/mol. The third-order valence-corrected chi connectivity index (χ3v) is 1.68. The summed E-state index contributed by atoms with van der Waals surface area (Å²) < 4.78 is 0. The van der Waals surface area contributed by atoms with Crippen molar-refractivity contribution in [2.24, 2.45) is 5.92 Å². The molecule has 0 atom stereocenters. The molecule has 0 aliphatic carbocycles. The van der Waals surface area contributed by atoms with E-state index in [0.717, 1.165) is 19.0 Å². The van der Waals surface area contributed by atoms with Gasteiger partial charge in [0.2, 0.25) is 6.54 Å². The van der Waals surface area contributed by atoms with Crippen molar-refractivity contribution < 1.29 is 0 Å². The van der Waals surface area contributed by atoms with Gasteiger partial charge in [0.1, 0.15) is 0 Å². The number of rotatable bonds is 5. The largest absolute Gasteiger partial charge is 0.316 e. The molecular formula is C9H18N2. The van der Waals surface area contributed by atoms with Crippen LogP contribution in [-0.2, 0) is 0 Å². The number of hydrogen-bond donors (Lipinski definition) is 0. The van der Waals surface area contributed by atoms with Crippen molar-refractivity contribution in [3.05, 3.63) is 11.4 Å². The second kappa shape index (κ2) is 6.18. The molecule has 0 N–H and O–H groups in total. The van der Waals surface area contributed by atoms with Crippen LogP contribution >= 0.6 is 0 Å². The lowest BCUT2D eigenvalue weighted by Gasteiger charge is -2.14. The van der Waals surface area contributed by atoms with Gasteiger partial charge in [-0.05, 0) is 25.9 Å². The summed E-state index contributed by atoms with van der Waals surface area (Å²) in [6, 6.07) is 0. The minimum absolute atomic E-state index is 0.634. The number of likely N-dealkylation sites (N-methyl/N-ethyl adjacent to an activating group) is 1. The Morgan fingerprint density at radius 1 is 1.36 bits per heavy atom. The van der Waals surface area contributed by atoms with Crippen LogP contribution in [0.25, 0.3) is 4.85 Å². The quantitative estimate of drug-likeness (QED) is 0.549. The van der Waals surface area contributed by atoms with Gasteiger partial charge in [0.05, 0.1) is 6.54 Å². The lowest BCUT2D eigenvalue weighted by molar-refractivity contribution is 0.323. The van der Waals surface area contributed by atoms with Crippen LogP contribution in [0.2, 0.25) is 0 Å². The average molecular weight is 154 g/mol. The summed E-state index contributed by atoms with van der Waals surface area (Å²) in [4.78, 5) is 5.53. The van der Waals surface area contributed by atoms with E-state index in [1.54, 1.807) is 0 Å². The summed E-state index contributed by atoms with van der Waals surface area (Å²) in [5.74, 6) is 0.769. The summed E-state index contributed by atoms with van der Waals surface area (Å²) in [5.41, 5.74) is 0. The van der Waals surface area contributed by atoms with Crippen LogP contribution in [0.1, 0.15) is 20.3 Å². The molecule has 0 aliphatic heterocycles. The molecule has 0 aromatic rings. The monoisotopic (exact) mass is 154 g/mol. The molecule has 2 heteroatoms. The van der Waals surface area contributed by atoms with Crippen LogP contribution in [0.5, 0.6) is 0 Å². The van der Waals surface area contributed by atoms with Gasteiger partial charge < -0.3 is 4.85 Å². The number of hydrogen-bond acceptors (Lipinski definition) is 1. The van der Waals surface area contributed by atoms with E-state index in [4.69, 9.17) is 6.57 Å². The molecule has 0 heterocycles. The zero-order chi connectivity index (χ0) is 8.69. The fourth-order valence-corrected chi connectivity index (χ4v) is 0.811. The van der Waals surface area contributed by atoms with Gasteiger partial charge in [0.25, 0.3) is 0 Å². The highest BCUT2D eigenvalue weighted by atomic mass is 15.1. The molecule has 64 valence electrons. The topological polar surface area (TPSA) is 7.60 Å². The smallest absolute Gasteiger partial charge is 0.227 e. The first-order valence-corrected chi connectivity index (χ1v) is 4.18. The van der Waals surface area contributed by atoms with Crippen molar-refractivity contribution in [3.63, 3.8) is 0 Å². The average Bonchev–Trinajstić information content (AvgIpc) is 1.97. The molecule has 0 aliphatic rings. The standard InChI is InChI=1S/C9H18N2/c1-9(2)5-7-11(4)8-6-10-3/h9H,5-8H2,1-2,4H3. The first-order valence-electron chi connectivity index (χ1n) is 4.18. The molecule has 0 aromatic carbocycles. The minimum Gasteiger partial charge on any atom is -0.316 e. The lowest BCUT2D eigenvalue weighted by Crippen LogP contribution is -2.23. The second-order valence-electron chi connectivity index (χ2n) is 3.37. The predicted octanol–water partition coefficient (Wildman–Crippen LogP) is 1.88. The molecule has 0 spiro atoms. The van der Waals surface area contributed by atoms with Crippen molar-refractivity contribution in [3.8, 4) is 0 Å². The van der Waals surface area contributed by atoms with Gasteiger partial charge in [-0.2, -0.15) is 0 Å². The van der Waals surface area contributed by atoms with Crippen molar-refractivity contribution in [2.75, 3.05) is 26.7 Å². The van der Waals surface area contributed by atoms with E-state index in [9.17, 15) is 0 Å². The van der Waals surface area contributed by atoms with Gasteiger partial charge in [-0.1, -0.05) is 13.8 Å². The van der Waals surface area contributed by atoms with Gasteiger partial charge in [-0.15, -0.1) is 0 Å². The highest BCUT2D eigenvalue weighted by Crippen LogP contribution is 1.99. The van der Waals surface area contributed by atoms with E-state index in [1.165, 1.54) is 6.42 Å². The zero-order valence-corrected chi connectivity index (χ0v) is 7.80.